The molecule has 0 aromatic carbocycles. The number of aliphatic carboxylic acids is 1. The third-order valence-electron chi connectivity index (χ3n) is 2.42. The van der Waals surface area contributed by atoms with Gasteiger partial charge in [-0.3, -0.25) is 4.79 Å². The van der Waals surface area contributed by atoms with Gasteiger partial charge in [-0.15, -0.1) is 0 Å². The molecule has 0 fully saturated rings. The summed E-state index contributed by atoms with van der Waals surface area (Å²) in [5.41, 5.74) is 0. The molecule has 2 nitrogen and oxygen atoms in total. The SMILES string of the molecule is CC(C)CCCCCCCCC(=O)O.[H-].[Na+]. The Kier molecular flexibility index (Phi) is 14.9. The minimum absolute atomic E-state index is 0. The Morgan fingerprint density at radius 2 is 1.53 bits per heavy atom. The largest absolute Gasteiger partial charge is 1.00 e. The van der Waals surface area contributed by atoms with Crippen LogP contribution in [0.2, 0.25) is 0 Å². The Morgan fingerprint density at radius 1 is 1.07 bits per heavy atom. The number of hydrogen-bond donors (Lipinski definition) is 1. The molecular formula is C12H25NaO2. The van der Waals surface area contributed by atoms with Crippen LogP contribution in [0.4, 0.5) is 0 Å². The average molecular weight is 224 g/mol. The van der Waals surface area contributed by atoms with Crippen LogP contribution in [0, 0.1) is 5.92 Å². The molecule has 0 aromatic rings. The fraction of sp³-hybridized carbons (Fsp3) is 0.917. The third-order valence-corrected chi connectivity index (χ3v) is 2.42. The van der Waals surface area contributed by atoms with Crippen molar-refractivity contribution in [2.75, 3.05) is 0 Å². The molecule has 3 heteroatoms. The molecule has 1 N–H and O–H groups in total. The average Bonchev–Trinajstić information content (AvgIpc) is 2.08. The summed E-state index contributed by atoms with van der Waals surface area (Å²) in [5.74, 6) is 0.159. The van der Waals surface area contributed by atoms with Gasteiger partial charge in [0.05, 0.1) is 0 Å². The van der Waals surface area contributed by atoms with Gasteiger partial charge >= 0.3 is 35.5 Å². The maximum Gasteiger partial charge on any atom is 1.00 e. The van der Waals surface area contributed by atoms with Crippen molar-refractivity contribution in [2.24, 2.45) is 5.92 Å². The Balaban J connectivity index is -0.000000845. The molecule has 86 valence electrons. The van der Waals surface area contributed by atoms with Crippen LogP contribution in [0.25, 0.3) is 0 Å². The van der Waals surface area contributed by atoms with Gasteiger partial charge in [-0.05, 0) is 12.3 Å². The minimum atomic E-state index is -0.662. The van der Waals surface area contributed by atoms with E-state index in [4.69, 9.17) is 5.11 Å². The standard InChI is InChI=1S/C12H24O2.Na.H/c1-11(2)9-7-5-3-4-6-8-10-12(13)14;;/h11H,3-10H2,1-2H3,(H,13,14);;/q;+1;-1. The van der Waals surface area contributed by atoms with Gasteiger partial charge < -0.3 is 6.53 Å². The van der Waals surface area contributed by atoms with Gasteiger partial charge in [0.1, 0.15) is 0 Å². The van der Waals surface area contributed by atoms with Gasteiger partial charge in [0.15, 0.2) is 0 Å². The molecule has 0 saturated carbocycles. The smallest absolute Gasteiger partial charge is 1.00 e. The summed E-state index contributed by atoms with van der Waals surface area (Å²) in [6, 6.07) is 0. The van der Waals surface area contributed by atoms with Crippen molar-refractivity contribution in [2.45, 2.75) is 65.2 Å². The summed E-state index contributed by atoms with van der Waals surface area (Å²) in [5, 5.41) is 8.42. The predicted octanol–water partition coefficient (Wildman–Crippen LogP) is 0.964. The third kappa shape index (κ3) is 17.1. The fourth-order valence-electron chi connectivity index (χ4n) is 1.54. The molecule has 0 aliphatic carbocycles. The van der Waals surface area contributed by atoms with Crippen LogP contribution in [0.3, 0.4) is 0 Å². The van der Waals surface area contributed by atoms with E-state index in [0.29, 0.717) is 6.42 Å². The molecule has 0 aromatic heterocycles. The second kappa shape index (κ2) is 12.5. The van der Waals surface area contributed by atoms with Crippen LogP contribution in [0.5, 0.6) is 0 Å². The second-order valence-corrected chi connectivity index (χ2v) is 4.45. The molecule has 0 unspecified atom stereocenters. The maximum atomic E-state index is 10.2. The van der Waals surface area contributed by atoms with Crippen LogP contribution in [-0.4, -0.2) is 11.1 Å². The zero-order valence-electron chi connectivity index (χ0n) is 11.6. The zero-order chi connectivity index (χ0) is 10.8. The molecule has 0 bridgehead atoms. The van der Waals surface area contributed by atoms with Crippen molar-refractivity contribution >= 4 is 5.97 Å². The molecular weight excluding hydrogens is 199 g/mol. The van der Waals surface area contributed by atoms with Gasteiger partial charge in [-0.2, -0.15) is 0 Å². The van der Waals surface area contributed by atoms with Crippen LogP contribution in [0.15, 0.2) is 0 Å². The van der Waals surface area contributed by atoms with Crippen molar-refractivity contribution in [3.63, 3.8) is 0 Å². The first-order valence-electron chi connectivity index (χ1n) is 5.84. The van der Waals surface area contributed by atoms with Crippen LogP contribution in [-0.2, 0) is 4.79 Å². The van der Waals surface area contributed by atoms with Gasteiger partial charge in [-0.25, -0.2) is 0 Å². The molecule has 0 aliphatic rings. The maximum absolute atomic E-state index is 10.2. The van der Waals surface area contributed by atoms with E-state index in [1.807, 2.05) is 0 Å². The molecule has 0 radical (unpaired) electrons. The number of unbranched alkanes of at least 4 members (excludes halogenated alkanes) is 5. The quantitative estimate of drug-likeness (QED) is 0.468. The Morgan fingerprint density at radius 3 is 2.00 bits per heavy atom. The van der Waals surface area contributed by atoms with E-state index in [9.17, 15) is 4.79 Å². The summed E-state index contributed by atoms with van der Waals surface area (Å²) in [6.45, 7) is 4.51. The van der Waals surface area contributed by atoms with Crippen molar-refractivity contribution in [3.05, 3.63) is 0 Å². The van der Waals surface area contributed by atoms with Gasteiger partial charge in [0.25, 0.3) is 0 Å². The first-order valence-corrected chi connectivity index (χ1v) is 5.84. The second-order valence-electron chi connectivity index (χ2n) is 4.45. The molecule has 0 rings (SSSR count). The van der Waals surface area contributed by atoms with Gasteiger partial charge in [-0.1, -0.05) is 52.4 Å². The number of hydrogen-bond acceptors (Lipinski definition) is 1. The molecule has 0 heterocycles. The molecule has 0 saturated heterocycles. The summed E-state index contributed by atoms with van der Waals surface area (Å²) in [4.78, 5) is 10.2. The number of carbonyl (C=O) groups is 1. The predicted molar refractivity (Wildman–Crippen MR) is 60.5 cm³/mol. The van der Waals surface area contributed by atoms with Gasteiger partial charge in [0.2, 0.25) is 0 Å². The minimum Gasteiger partial charge on any atom is -1.00 e. The molecule has 0 atom stereocenters. The van der Waals surface area contributed by atoms with Crippen molar-refractivity contribution < 1.29 is 40.9 Å². The van der Waals surface area contributed by atoms with Crippen LogP contribution < -0.4 is 29.6 Å². The number of carboxylic acids is 1. The van der Waals surface area contributed by atoms with E-state index >= 15 is 0 Å². The fourth-order valence-corrected chi connectivity index (χ4v) is 1.54. The number of carboxylic acid groups (broad SMARTS) is 1. The summed E-state index contributed by atoms with van der Waals surface area (Å²) in [6.07, 6.45) is 8.70. The monoisotopic (exact) mass is 224 g/mol. The van der Waals surface area contributed by atoms with E-state index in [1.165, 1.54) is 32.1 Å². The normalized spacial score (nSPS) is 10.1. The Labute approximate surface area is 118 Å². The van der Waals surface area contributed by atoms with Crippen LogP contribution >= 0.6 is 0 Å². The Bertz CT molecular complexity index is 152. The molecule has 15 heavy (non-hydrogen) atoms. The molecule has 0 aliphatic heterocycles. The number of rotatable bonds is 9. The zero-order valence-corrected chi connectivity index (χ0v) is 12.6. The summed E-state index contributed by atoms with van der Waals surface area (Å²) >= 11 is 0. The van der Waals surface area contributed by atoms with E-state index in [0.717, 1.165) is 18.8 Å². The topological polar surface area (TPSA) is 37.3 Å². The van der Waals surface area contributed by atoms with Crippen molar-refractivity contribution in [1.82, 2.24) is 0 Å². The van der Waals surface area contributed by atoms with E-state index in [2.05, 4.69) is 13.8 Å². The summed E-state index contributed by atoms with van der Waals surface area (Å²) in [7, 11) is 0. The van der Waals surface area contributed by atoms with Gasteiger partial charge in [0, 0.05) is 6.42 Å². The van der Waals surface area contributed by atoms with E-state index in [1.54, 1.807) is 0 Å². The van der Waals surface area contributed by atoms with E-state index in [-0.39, 0.29) is 31.0 Å². The van der Waals surface area contributed by atoms with Crippen molar-refractivity contribution in [3.8, 4) is 0 Å². The summed E-state index contributed by atoms with van der Waals surface area (Å²) < 4.78 is 0. The first-order chi connectivity index (χ1) is 6.63. The molecule has 0 amide bonds. The molecule has 0 spiro atoms. The van der Waals surface area contributed by atoms with E-state index < -0.39 is 5.97 Å². The van der Waals surface area contributed by atoms with Crippen molar-refractivity contribution in [1.29, 1.82) is 0 Å². The first kappa shape index (κ1) is 17.9. The van der Waals surface area contributed by atoms with Crippen LogP contribution in [0.1, 0.15) is 66.6 Å². The Hall–Kier alpha value is 0.470.